The Morgan fingerprint density at radius 2 is 1.67 bits per heavy atom. The topological polar surface area (TPSA) is 55.4 Å². The van der Waals surface area contributed by atoms with Crippen molar-refractivity contribution >= 4 is 33.5 Å². The molecule has 0 saturated heterocycles. The summed E-state index contributed by atoms with van der Waals surface area (Å²) < 4.78 is 5.82. The fourth-order valence-corrected chi connectivity index (χ4v) is 2.62. The van der Waals surface area contributed by atoms with Gasteiger partial charge in [0.25, 0.3) is 0 Å². The SMILES string of the molecule is Cc1ccc(C(=O)c2ccc(NC(=O)OC(C)(C)C)cc2Br)cc1. The highest BCUT2D eigenvalue weighted by atomic mass is 79.9. The lowest BCUT2D eigenvalue weighted by atomic mass is 10.0. The van der Waals surface area contributed by atoms with Crippen molar-refractivity contribution in [1.82, 2.24) is 0 Å². The van der Waals surface area contributed by atoms with Crippen molar-refractivity contribution in [1.29, 1.82) is 0 Å². The molecule has 1 N–H and O–H groups in total. The smallest absolute Gasteiger partial charge is 0.412 e. The standard InChI is InChI=1S/C19H20BrNO3/c1-12-5-7-13(8-6-12)17(22)15-10-9-14(11-16(15)20)21-18(23)24-19(2,3)4/h5-11H,1-4H3,(H,21,23). The lowest BCUT2D eigenvalue weighted by Gasteiger charge is -2.19. The van der Waals surface area contributed by atoms with E-state index in [0.717, 1.165) is 5.56 Å². The van der Waals surface area contributed by atoms with Crippen LogP contribution in [0.15, 0.2) is 46.9 Å². The molecule has 0 saturated carbocycles. The van der Waals surface area contributed by atoms with Gasteiger partial charge >= 0.3 is 6.09 Å². The Bertz CT molecular complexity index is 761. The molecule has 0 unspecified atom stereocenters. The summed E-state index contributed by atoms with van der Waals surface area (Å²) in [5.74, 6) is -0.0781. The molecule has 0 aliphatic carbocycles. The molecule has 0 heterocycles. The van der Waals surface area contributed by atoms with Gasteiger partial charge < -0.3 is 4.74 Å². The van der Waals surface area contributed by atoms with Crippen LogP contribution in [-0.2, 0) is 4.74 Å². The fourth-order valence-electron chi connectivity index (χ4n) is 2.06. The minimum Gasteiger partial charge on any atom is -0.444 e. The first-order valence-electron chi connectivity index (χ1n) is 7.56. The number of halogens is 1. The number of carbonyl (C=O) groups excluding carboxylic acids is 2. The Balaban J connectivity index is 2.16. The van der Waals surface area contributed by atoms with E-state index < -0.39 is 11.7 Å². The van der Waals surface area contributed by atoms with Crippen LogP contribution in [0.5, 0.6) is 0 Å². The van der Waals surface area contributed by atoms with Crippen molar-refractivity contribution in [3.8, 4) is 0 Å². The Morgan fingerprint density at radius 3 is 2.21 bits per heavy atom. The molecule has 0 aromatic heterocycles. The zero-order valence-corrected chi connectivity index (χ0v) is 15.7. The van der Waals surface area contributed by atoms with E-state index in [1.807, 2.05) is 19.1 Å². The maximum absolute atomic E-state index is 12.6. The van der Waals surface area contributed by atoms with E-state index in [0.29, 0.717) is 21.3 Å². The van der Waals surface area contributed by atoms with Crippen LogP contribution in [0.3, 0.4) is 0 Å². The molecule has 2 rings (SSSR count). The number of ketones is 1. The molecular weight excluding hydrogens is 370 g/mol. The van der Waals surface area contributed by atoms with Crippen molar-refractivity contribution in [2.24, 2.45) is 0 Å². The number of amides is 1. The van der Waals surface area contributed by atoms with Crippen molar-refractivity contribution < 1.29 is 14.3 Å². The number of carbonyl (C=O) groups is 2. The first-order chi connectivity index (χ1) is 11.2. The molecule has 2 aromatic rings. The van der Waals surface area contributed by atoms with E-state index in [1.54, 1.807) is 51.1 Å². The highest BCUT2D eigenvalue weighted by Crippen LogP contribution is 2.24. The van der Waals surface area contributed by atoms with E-state index in [-0.39, 0.29) is 5.78 Å². The van der Waals surface area contributed by atoms with Gasteiger partial charge in [-0.15, -0.1) is 0 Å². The van der Waals surface area contributed by atoms with Crippen LogP contribution in [0, 0.1) is 6.92 Å². The van der Waals surface area contributed by atoms with Gasteiger partial charge in [-0.25, -0.2) is 4.79 Å². The summed E-state index contributed by atoms with van der Waals surface area (Å²) in [6, 6.07) is 12.5. The van der Waals surface area contributed by atoms with Crippen molar-refractivity contribution in [2.75, 3.05) is 5.32 Å². The quantitative estimate of drug-likeness (QED) is 0.721. The molecule has 0 bridgehead atoms. The summed E-state index contributed by atoms with van der Waals surface area (Å²) in [5, 5.41) is 2.65. The van der Waals surface area contributed by atoms with Crippen LogP contribution >= 0.6 is 15.9 Å². The average Bonchev–Trinajstić information content (AvgIpc) is 2.45. The monoisotopic (exact) mass is 389 g/mol. The molecule has 0 atom stereocenters. The largest absolute Gasteiger partial charge is 0.444 e. The first-order valence-corrected chi connectivity index (χ1v) is 8.36. The average molecular weight is 390 g/mol. The van der Waals surface area contributed by atoms with Gasteiger partial charge in [-0.3, -0.25) is 10.1 Å². The number of rotatable bonds is 3. The summed E-state index contributed by atoms with van der Waals surface area (Å²) in [7, 11) is 0. The molecule has 2 aromatic carbocycles. The highest BCUT2D eigenvalue weighted by molar-refractivity contribution is 9.10. The second kappa shape index (κ2) is 7.18. The van der Waals surface area contributed by atoms with Gasteiger partial charge in [-0.05, 0) is 61.8 Å². The predicted octanol–water partition coefficient (Wildman–Crippen LogP) is 5.34. The molecule has 0 spiro atoms. The zero-order chi connectivity index (χ0) is 17.9. The van der Waals surface area contributed by atoms with E-state index in [1.165, 1.54) is 0 Å². The van der Waals surface area contributed by atoms with Gasteiger partial charge in [-0.1, -0.05) is 29.8 Å². The van der Waals surface area contributed by atoms with E-state index >= 15 is 0 Å². The lowest BCUT2D eigenvalue weighted by molar-refractivity contribution is 0.0636. The number of ether oxygens (including phenoxy) is 1. The Hall–Kier alpha value is -2.14. The minimum atomic E-state index is -0.567. The predicted molar refractivity (Wildman–Crippen MR) is 98.6 cm³/mol. The maximum Gasteiger partial charge on any atom is 0.412 e. The number of anilines is 1. The highest BCUT2D eigenvalue weighted by Gasteiger charge is 2.17. The van der Waals surface area contributed by atoms with Gasteiger partial charge in [0.05, 0.1) is 0 Å². The molecular formula is C19H20BrNO3. The molecule has 24 heavy (non-hydrogen) atoms. The Morgan fingerprint density at radius 1 is 1.04 bits per heavy atom. The van der Waals surface area contributed by atoms with Crippen molar-refractivity contribution in [3.63, 3.8) is 0 Å². The third-order valence-electron chi connectivity index (χ3n) is 3.17. The van der Waals surface area contributed by atoms with Crippen LogP contribution < -0.4 is 5.32 Å². The molecule has 5 heteroatoms. The number of nitrogens with one attached hydrogen (secondary N) is 1. The normalized spacial score (nSPS) is 11.0. The molecule has 0 fully saturated rings. The van der Waals surface area contributed by atoms with Gasteiger partial charge in [0.15, 0.2) is 5.78 Å². The number of benzene rings is 2. The number of hydrogen-bond acceptors (Lipinski definition) is 3. The summed E-state index contributed by atoms with van der Waals surface area (Å²) in [4.78, 5) is 24.4. The van der Waals surface area contributed by atoms with Crippen LogP contribution in [0.2, 0.25) is 0 Å². The molecule has 126 valence electrons. The van der Waals surface area contributed by atoms with Gasteiger partial charge in [0.2, 0.25) is 0 Å². The lowest BCUT2D eigenvalue weighted by Crippen LogP contribution is -2.27. The molecule has 0 aliphatic heterocycles. The van der Waals surface area contributed by atoms with E-state index in [9.17, 15) is 9.59 Å². The van der Waals surface area contributed by atoms with E-state index in [2.05, 4.69) is 21.2 Å². The molecule has 0 aliphatic rings. The summed E-state index contributed by atoms with van der Waals surface area (Å²) in [5.41, 5.74) is 2.24. The number of hydrogen-bond donors (Lipinski definition) is 1. The van der Waals surface area contributed by atoms with E-state index in [4.69, 9.17) is 4.74 Å². The second-order valence-corrected chi connectivity index (χ2v) is 7.37. The van der Waals surface area contributed by atoms with Crippen LogP contribution in [-0.4, -0.2) is 17.5 Å². The third kappa shape index (κ3) is 4.93. The minimum absolute atomic E-state index is 0.0781. The van der Waals surface area contributed by atoms with Gasteiger partial charge in [0, 0.05) is 21.3 Å². The summed E-state index contributed by atoms with van der Waals surface area (Å²) in [6.45, 7) is 7.37. The molecule has 4 nitrogen and oxygen atoms in total. The Labute approximate surface area is 150 Å². The Kier molecular flexibility index (Phi) is 5.44. The summed E-state index contributed by atoms with van der Waals surface area (Å²) in [6.07, 6.45) is -0.535. The molecule has 0 radical (unpaired) electrons. The number of aryl methyl sites for hydroxylation is 1. The first kappa shape index (κ1) is 18.2. The molecule has 1 amide bonds. The van der Waals surface area contributed by atoms with Crippen LogP contribution in [0.25, 0.3) is 0 Å². The van der Waals surface area contributed by atoms with Crippen LogP contribution in [0.4, 0.5) is 10.5 Å². The summed E-state index contributed by atoms with van der Waals surface area (Å²) >= 11 is 3.40. The fraction of sp³-hybridized carbons (Fsp3) is 0.263. The zero-order valence-electron chi connectivity index (χ0n) is 14.1. The van der Waals surface area contributed by atoms with Crippen molar-refractivity contribution in [2.45, 2.75) is 33.3 Å². The van der Waals surface area contributed by atoms with Gasteiger partial charge in [0.1, 0.15) is 5.60 Å². The maximum atomic E-state index is 12.6. The van der Waals surface area contributed by atoms with Crippen LogP contribution in [0.1, 0.15) is 42.3 Å². The van der Waals surface area contributed by atoms with Crippen molar-refractivity contribution in [3.05, 3.63) is 63.6 Å². The van der Waals surface area contributed by atoms with Gasteiger partial charge in [-0.2, -0.15) is 0 Å². The second-order valence-electron chi connectivity index (χ2n) is 6.52. The third-order valence-corrected chi connectivity index (χ3v) is 3.83.